The SMILES string of the molecule is CN1CC(OC[C@@H](OC=O)ON=C(C(=O)CC2C(=O)N(OS(=O)(=O)O)C2(C)C)c2csc(N)n2)CN1CCCN. The van der Waals surface area contributed by atoms with Crippen LogP contribution in [0.15, 0.2) is 10.5 Å². The lowest BCUT2D eigenvalue weighted by atomic mass is 9.74. The Kier molecular flexibility index (Phi) is 10.5. The fraction of sp³-hybridized carbons (Fsp3) is 0.667. The van der Waals surface area contributed by atoms with E-state index in [4.69, 9.17) is 30.3 Å². The second-order valence-electron chi connectivity index (χ2n) is 9.60. The van der Waals surface area contributed by atoms with E-state index in [0.717, 1.165) is 24.3 Å². The van der Waals surface area contributed by atoms with Gasteiger partial charge in [-0.15, -0.1) is 15.6 Å². The summed E-state index contributed by atoms with van der Waals surface area (Å²) >= 11 is 1.03. The summed E-state index contributed by atoms with van der Waals surface area (Å²) in [6, 6.07) is 0. The van der Waals surface area contributed by atoms with Crippen LogP contribution in [0.4, 0.5) is 5.13 Å². The summed E-state index contributed by atoms with van der Waals surface area (Å²) in [7, 11) is -3.04. The zero-order valence-corrected chi connectivity index (χ0v) is 23.8. The van der Waals surface area contributed by atoms with Gasteiger partial charge in [0.15, 0.2) is 16.6 Å². The minimum atomic E-state index is -4.95. The Morgan fingerprint density at radius 3 is 2.70 bits per heavy atom. The van der Waals surface area contributed by atoms with Gasteiger partial charge in [0, 0.05) is 38.5 Å². The molecule has 1 aromatic heterocycles. The van der Waals surface area contributed by atoms with Crippen molar-refractivity contribution in [3.63, 3.8) is 0 Å². The normalized spacial score (nSPS) is 22.7. The van der Waals surface area contributed by atoms with Crippen LogP contribution in [-0.4, -0.2) is 115 Å². The van der Waals surface area contributed by atoms with Crippen LogP contribution in [0.1, 0.15) is 32.4 Å². The molecule has 0 saturated carbocycles. The highest BCUT2D eigenvalue weighted by molar-refractivity contribution is 7.80. The number of Topliss-reactive ketones (excluding diaryl/α,β-unsaturated/α-hetero) is 1. The summed E-state index contributed by atoms with van der Waals surface area (Å²) in [5.41, 5.74) is 9.78. The molecule has 3 heterocycles. The average molecular weight is 608 g/mol. The molecule has 5 N–H and O–H groups in total. The number of oxime groups is 1. The molecule has 17 nitrogen and oxygen atoms in total. The molecule has 1 amide bonds. The Morgan fingerprint density at radius 2 is 2.12 bits per heavy atom. The number of carbonyl (C=O) groups excluding carboxylic acids is 3. The molecule has 2 aliphatic heterocycles. The Bertz CT molecular complexity index is 1210. The molecule has 224 valence electrons. The number of ether oxygens (including phenoxy) is 2. The van der Waals surface area contributed by atoms with Crippen LogP contribution in [-0.2, 0) is 43.4 Å². The number of rotatable bonds is 16. The Morgan fingerprint density at radius 1 is 1.40 bits per heavy atom. The average Bonchev–Trinajstić information content (AvgIpc) is 3.46. The highest BCUT2D eigenvalue weighted by atomic mass is 32.3. The molecule has 0 radical (unpaired) electrons. The summed E-state index contributed by atoms with van der Waals surface area (Å²) in [5, 5.41) is 10.0. The third kappa shape index (κ3) is 7.91. The number of anilines is 1. The molecule has 40 heavy (non-hydrogen) atoms. The molecule has 0 aromatic carbocycles. The van der Waals surface area contributed by atoms with E-state index in [2.05, 4.69) is 19.4 Å². The number of nitrogens with two attached hydrogens (primary N) is 2. The third-order valence-electron chi connectivity index (χ3n) is 6.38. The first-order chi connectivity index (χ1) is 18.8. The molecular formula is C21H33N7O10S2. The smallest absolute Gasteiger partial charge is 0.418 e. The van der Waals surface area contributed by atoms with Crippen molar-refractivity contribution in [2.75, 3.05) is 45.6 Å². The summed E-state index contributed by atoms with van der Waals surface area (Å²) in [6.07, 6.45) is -1.13. The first kappa shape index (κ1) is 31.7. The van der Waals surface area contributed by atoms with Gasteiger partial charge in [0.2, 0.25) is 0 Å². The maximum absolute atomic E-state index is 13.2. The number of thiazole rings is 1. The van der Waals surface area contributed by atoms with Crippen LogP contribution >= 0.6 is 11.3 Å². The number of hydrazine groups is 1. The van der Waals surface area contributed by atoms with E-state index >= 15 is 0 Å². The largest absolute Gasteiger partial charge is 0.423 e. The molecule has 2 fully saturated rings. The van der Waals surface area contributed by atoms with Gasteiger partial charge in [-0.2, -0.15) is 13.5 Å². The highest BCUT2D eigenvalue weighted by Crippen LogP contribution is 2.40. The third-order valence-corrected chi connectivity index (χ3v) is 7.40. The van der Waals surface area contributed by atoms with Crippen molar-refractivity contribution >= 4 is 50.7 Å². The lowest BCUT2D eigenvalue weighted by Crippen LogP contribution is -2.68. The molecule has 2 saturated heterocycles. The lowest BCUT2D eigenvalue weighted by molar-refractivity contribution is -0.228. The van der Waals surface area contributed by atoms with E-state index in [1.165, 1.54) is 19.2 Å². The van der Waals surface area contributed by atoms with Gasteiger partial charge < -0.3 is 25.8 Å². The zero-order chi connectivity index (χ0) is 29.7. The van der Waals surface area contributed by atoms with Gasteiger partial charge in [0.1, 0.15) is 12.3 Å². The van der Waals surface area contributed by atoms with Crippen LogP contribution in [0.3, 0.4) is 0 Å². The van der Waals surface area contributed by atoms with Crippen LogP contribution in [0.2, 0.25) is 0 Å². The van der Waals surface area contributed by atoms with Gasteiger partial charge in [-0.25, -0.2) is 15.0 Å². The zero-order valence-electron chi connectivity index (χ0n) is 22.2. The number of ketones is 1. The second kappa shape index (κ2) is 13.3. The van der Waals surface area contributed by atoms with Crippen LogP contribution in [0, 0.1) is 5.92 Å². The van der Waals surface area contributed by atoms with E-state index in [1.807, 2.05) is 12.1 Å². The number of carbonyl (C=O) groups is 3. The number of hydrogen-bond donors (Lipinski definition) is 3. The number of aromatic nitrogens is 1. The fourth-order valence-corrected chi connectivity index (χ4v) is 5.25. The molecule has 3 atom stereocenters. The van der Waals surface area contributed by atoms with Crippen molar-refractivity contribution in [3.8, 4) is 0 Å². The van der Waals surface area contributed by atoms with Crippen molar-refractivity contribution < 1.29 is 45.9 Å². The van der Waals surface area contributed by atoms with E-state index in [-0.39, 0.29) is 35.7 Å². The number of nitrogens with zero attached hydrogens (tertiary/aromatic N) is 5. The van der Waals surface area contributed by atoms with Gasteiger partial charge in [-0.1, -0.05) is 5.16 Å². The van der Waals surface area contributed by atoms with Crippen molar-refractivity contribution in [1.82, 2.24) is 20.1 Å². The van der Waals surface area contributed by atoms with Crippen molar-refractivity contribution in [2.24, 2.45) is 16.8 Å². The first-order valence-corrected chi connectivity index (χ1v) is 14.4. The Balaban J connectivity index is 1.69. The predicted octanol–water partition coefficient (Wildman–Crippen LogP) is -1.23. The lowest BCUT2D eigenvalue weighted by Gasteiger charge is -2.50. The quantitative estimate of drug-likeness (QED) is 0.0499. The molecule has 0 aliphatic carbocycles. The summed E-state index contributed by atoms with van der Waals surface area (Å²) in [5.74, 6) is -2.55. The van der Waals surface area contributed by atoms with E-state index in [1.54, 1.807) is 0 Å². The minimum absolute atomic E-state index is 0.0573. The minimum Gasteiger partial charge on any atom is -0.423 e. The predicted molar refractivity (Wildman–Crippen MR) is 139 cm³/mol. The maximum atomic E-state index is 13.2. The molecule has 2 aliphatic rings. The van der Waals surface area contributed by atoms with Gasteiger partial charge in [0.05, 0.1) is 17.6 Å². The standard InChI is InChI=1S/C21H33N7O10S2/c1-21(2)14(19(31)28(21)38-40(32,33)34)7-16(30)18(15-11-39-20(23)24-15)25-37-17(36-12-29)10-35-13-8-26(3)27(9-13)6-4-5-22/h11-14,17H,4-10,22H2,1-3H3,(H2,23,24)(H,32,33,34)/t13?,14?,17-/m0/s1. The van der Waals surface area contributed by atoms with E-state index in [9.17, 15) is 22.8 Å². The fourth-order valence-electron chi connectivity index (χ4n) is 4.25. The van der Waals surface area contributed by atoms with Gasteiger partial charge >= 0.3 is 10.4 Å². The Hall–Kier alpha value is -2.78. The van der Waals surface area contributed by atoms with E-state index < -0.39 is 46.3 Å². The molecule has 2 unspecified atom stereocenters. The van der Waals surface area contributed by atoms with Gasteiger partial charge in [-0.3, -0.25) is 18.9 Å². The summed E-state index contributed by atoms with van der Waals surface area (Å²) < 4.78 is 46.1. The first-order valence-electron chi connectivity index (χ1n) is 12.1. The summed E-state index contributed by atoms with van der Waals surface area (Å²) in [6.45, 7) is 5.38. The topological polar surface area (TPSA) is 230 Å². The molecular weight excluding hydrogens is 574 g/mol. The molecule has 0 spiro atoms. The monoisotopic (exact) mass is 607 g/mol. The van der Waals surface area contributed by atoms with Gasteiger partial charge in [0.25, 0.3) is 18.7 Å². The number of hydrogen-bond acceptors (Lipinski definition) is 16. The van der Waals surface area contributed by atoms with Gasteiger partial charge in [-0.05, 0) is 26.8 Å². The number of hydroxylamine groups is 2. The van der Waals surface area contributed by atoms with Crippen molar-refractivity contribution in [3.05, 3.63) is 11.1 Å². The maximum Gasteiger partial charge on any atom is 0.418 e. The number of likely N-dealkylation sites (N-methyl/N-ethyl adjacent to an activating group) is 1. The molecule has 1 aromatic rings. The van der Waals surface area contributed by atoms with Crippen LogP contribution < -0.4 is 11.5 Å². The number of amides is 1. The molecule has 19 heteroatoms. The second-order valence-corrected chi connectivity index (χ2v) is 11.5. The van der Waals surface area contributed by atoms with Crippen LogP contribution in [0.5, 0.6) is 0 Å². The van der Waals surface area contributed by atoms with Crippen LogP contribution in [0.25, 0.3) is 0 Å². The van der Waals surface area contributed by atoms with Crippen molar-refractivity contribution in [2.45, 2.75) is 44.6 Å². The molecule has 0 bridgehead atoms. The van der Waals surface area contributed by atoms with Crippen molar-refractivity contribution in [1.29, 1.82) is 0 Å². The number of β-lactam (4-membered cyclic amide) rings is 1. The summed E-state index contributed by atoms with van der Waals surface area (Å²) in [4.78, 5) is 46.2. The van der Waals surface area contributed by atoms with E-state index in [0.29, 0.717) is 24.7 Å². The Labute approximate surface area is 234 Å². The number of nitrogen functional groups attached to an aromatic ring is 1. The molecule has 3 rings (SSSR count). The highest BCUT2D eigenvalue weighted by Gasteiger charge is 2.57.